The molecule has 0 aliphatic heterocycles. The molecule has 1 saturated carbocycles. The van der Waals surface area contributed by atoms with Gasteiger partial charge >= 0.3 is 0 Å². The molecule has 5 heteroatoms. The van der Waals surface area contributed by atoms with Gasteiger partial charge in [0.15, 0.2) is 0 Å². The van der Waals surface area contributed by atoms with Gasteiger partial charge in [-0.3, -0.25) is 0 Å². The Kier molecular flexibility index (Phi) is 3.53. The molecule has 2 unspecified atom stereocenters. The highest BCUT2D eigenvalue weighted by atomic mass is 32.1. The maximum absolute atomic E-state index is 9.53. The first-order valence-corrected chi connectivity index (χ1v) is 6.23. The molecule has 0 spiro atoms. The number of aliphatic hydroxyl groups is 1. The molecular formula is C10H17N3OS. The van der Waals surface area contributed by atoms with Crippen molar-refractivity contribution in [2.75, 3.05) is 11.9 Å². The number of rotatable bonds is 3. The monoisotopic (exact) mass is 227 g/mol. The maximum atomic E-state index is 9.53. The summed E-state index contributed by atoms with van der Waals surface area (Å²) in [6, 6.07) is 0. The van der Waals surface area contributed by atoms with E-state index in [0.29, 0.717) is 5.92 Å². The molecule has 1 aliphatic carbocycles. The van der Waals surface area contributed by atoms with Crippen LogP contribution in [-0.2, 0) is 0 Å². The largest absolute Gasteiger partial charge is 0.393 e. The van der Waals surface area contributed by atoms with Crippen molar-refractivity contribution in [2.45, 2.75) is 38.7 Å². The van der Waals surface area contributed by atoms with Gasteiger partial charge in [0, 0.05) is 18.1 Å². The van der Waals surface area contributed by atoms with Crippen LogP contribution in [0.4, 0.5) is 5.13 Å². The predicted molar refractivity (Wildman–Crippen MR) is 61.1 cm³/mol. The molecule has 2 atom stereocenters. The Labute approximate surface area is 93.9 Å². The number of hydrogen-bond acceptors (Lipinski definition) is 5. The van der Waals surface area contributed by atoms with E-state index in [4.69, 9.17) is 0 Å². The van der Waals surface area contributed by atoms with Crippen LogP contribution in [0.5, 0.6) is 0 Å². The van der Waals surface area contributed by atoms with Gasteiger partial charge in [0.25, 0.3) is 0 Å². The fourth-order valence-electron chi connectivity index (χ4n) is 2.05. The number of aliphatic hydroxyl groups excluding tert-OH is 1. The van der Waals surface area contributed by atoms with Crippen LogP contribution >= 0.6 is 11.5 Å². The highest BCUT2D eigenvalue weighted by molar-refractivity contribution is 7.09. The fourth-order valence-corrected chi connectivity index (χ4v) is 2.63. The van der Waals surface area contributed by atoms with Gasteiger partial charge in [-0.1, -0.05) is 6.42 Å². The van der Waals surface area contributed by atoms with Crippen molar-refractivity contribution < 1.29 is 5.11 Å². The van der Waals surface area contributed by atoms with Crippen molar-refractivity contribution in [1.29, 1.82) is 0 Å². The zero-order valence-corrected chi connectivity index (χ0v) is 9.76. The molecule has 0 bridgehead atoms. The molecule has 0 saturated heterocycles. The Morgan fingerprint density at radius 3 is 3.07 bits per heavy atom. The van der Waals surface area contributed by atoms with E-state index in [1.807, 2.05) is 6.92 Å². The lowest BCUT2D eigenvalue weighted by molar-refractivity contribution is 0.105. The minimum atomic E-state index is -0.0956. The molecule has 2 rings (SSSR count). The van der Waals surface area contributed by atoms with Gasteiger partial charge in [0.1, 0.15) is 5.82 Å². The number of nitrogens with one attached hydrogen (secondary N) is 1. The van der Waals surface area contributed by atoms with Crippen LogP contribution in [0.1, 0.15) is 31.5 Å². The van der Waals surface area contributed by atoms with Crippen LogP contribution in [0.3, 0.4) is 0 Å². The lowest BCUT2D eigenvalue weighted by Crippen LogP contribution is -2.24. The molecule has 1 aliphatic rings. The first-order chi connectivity index (χ1) is 7.24. The van der Waals surface area contributed by atoms with E-state index in [2.05, 4.69) is 14.7 Å². The maximum Gasteiger partial charge on any atom is 0.202 e. The smallest absolute Gasteiger partial charge is 0.202 e. The zero-order chi connectivity index (χ0) is 10.7. The normalized spacial score (nSPS) is 26.5. The molecule has 1 heterocycles. The molecule has 15 heavy (non-hydrogen) atoms. The van der Waals surface area contributed by atoms with Crippen molar-refractivity contribution >= 4 is 16.7 Å². The minimum absolute atomic E-state index is 0.0956. The Hall–Kier alpha value is -0.680. The van der Waals surface area contributed by atoms with Crippen LogP contribution in [0.2, 0.25) is 0 Å². The Morgan fingerprint density at radius 1 is 1.53 bits per heavy atom. The van der Waals surface area contributed by atoms with Crippen molar-refractivity contribution in [3.05, 3.63) is 5.82 Å². The van der Waals surface area contributed by atoms with Gasteiger partial charge in [-0.25, -0.2) is 4.98 Å². The first kappa shape index (κ1) is 10.8. The third-order valence-corrected chi connectivity index (χ3v) is 3.59. The zero-order valence-electron chi connectivity index (χ0n) is 8.94. The van der Waals surface area contributed by atoms with Gasteiger partial charge in [0.2, 0.25) is 5.13 Å². The van der Waals surface area contributed by atoms with Gasteiger partial charge in [-0.15, -0.1) is 0 Å². The van der Waals surface area contributed by atoms with Crippen molar-refractivity contribution in [3.63, 3.8) is 0 Å². The summed E-state index contributed by atoms with van der Waals surface area (Å²) in [5.74, 6) is 1.41. The second kappa shape index (κ2) is 4.90. The number of anilines is 1. The third-order valence-electron chi connectivity index (χ3n) is 2.82. The quantitative estimate of drug-likeness (QED) is 0.827. The molecule has 1 aromatic rings. The summed E-state index contributed by atoms with van der Waals surface area (Å²) in [4.78, 5) is 4.25. The highest BCUT2D eigenvalue weighted by Crippen LogP contribution is 2.24. The van der Waals surface area contributed by atoms with Gasteiger partial charge in [0.05, 0.1) is 6.10 Å². The summed E-state index contributed by atoms with van der Waals surface area (Å²) < 4.78 is 4.11. The number of hydrogen-bond donors (Lipinski definition) is 2. The Morgan fingerprint density at radius 2 is 2.40 bits per heavy atom. The van der Waals surface area contributed by atoms with E-state index in [-0.39, 0.29) is 6.10 Å². The molecule has 1 aromatic heterocycles. The molecule has 0 amide bonds. The summed E-state index contributed by atoms with van der Waals surface area (Å²) in [7, 11) is 0. The van der Waals surface area contributed by atoms with Crippen LogP contribution in [0, 0.1) is 12.8 Å². The van der Waals surface area contributed by atoms with E-state index in [0.717, 1.165) is 36.8 Å². The predicted octanol–water partition coefficient (Wildman–Crippen LogP) is 1.81. The molecular weight excluding hydrogens is 210 g/mol. The van der Waals surface area contributed by atoms with Gasteiger partial charge in [-0.2, -0.15) is 4.37 Å². The SMILES string of the molecule is Cc1nsc(NCC2CCCC(O)C2)n1. The minimum Gasteiger partial charge on any atom is -0.393 e. The van der Waals surface area contributed by atoms with E-state index >= 15 is 0 Å². The molecule has 4 nitrogen and oxygen atoms in total. The first-order valence-electron chi connectivity index (χ1n) is 5.46. The molecule has 2 N–H and O–H groups in total. The Balaban J connectivity index is 1.77. The average Bonchev–Trinajstić information content (AvgIpc) is 2.62. The highest BCUT2D eigenvalue weighted by Gasteiger charge is 2.19. The van der Waals surface area contributed by atoms with Gasteiger partial charge in [-0.05, 0) is 32.1 Å². The second-order valence-electron chi connectivity index (χ2n) is 4.21. The molecule has 0 radical (unpaired) electrons. The summed E-state index contributed by atoms with van der Waals surface area (Å²) in [6.07, 6.45) is 4.14. The van der Waals surface area contributed by atoms with Crippen LogP contribution in [0.25, 0.3) is 0 Å². The summed E-state index contributed by atoms with van der Waals surface area (Å²) in [5.41, 5.74) is 0. The summed E-state index contributed by atoms with van der Waals surface area (Å²) in [5, 5.41) is 13.7. The van der Waals surface area contributed by atoms with Crippen LogP contribution in [0.15, 0.2) is 0 Å². The molecule has 1 fully saturated rings. The van der Waals surface area contributed by atoms with Crippen LogP contribution in [-0.4, -0.2) is 27.1 Å². The Bertz CT molecular complexity index is 315. The third kappa shape index (κ3) is 3.14. The molecule has 84 valence electrons. The summed E-state index contributed by atoms with van der Waals surface area (Å²) in [6.45, 7) is 2.80. The fraction of sp³-hybridized carbons (Fsp3) is 0.800. The number of aryl methyl sites for hydroxylation is 1. The van der Waals surface area contributed by atoms with E-state index < -0.39 is 0 Å². The average molecular weight is 227 g/mol. The number of nitrogens with zero attached hydrogens (tertiary/aromatic N) is 2. The van der Waals surface area contributed by atoms with E-state index in [1.54, 1.807) is 0 Å². The van der Waals surface area contributed by atoms with Crippen molar-refractivity contribution in [3.8, 4) is 0 Å². The van der Waals surface area contributed by atoms with Crippen LogP contribution < -0.4 is 5.32 Å². The lowest BCUT2D eigenvalue weighted by Gasteiger charge is -2.25. The number of aromatic nitrogens is 2. The lowest BCUT2D eigenvalue weighted by atomic mass is 9.87. The van der Waals surface area contributed by atoms with E-state index in [9.17, 15) is 5.11 Å². The standard InChI is InChI=1S/C10H17N3OS/c1-7-12-10(15-13-7)11-6-8-3-2-4-9(14)5-8/h8-9,14H,2-6H2,1H3,(H,11,12,13). The van der Waals surface area contributed by atoms with Crippen molar-refractivity contribution in [2.24, 2.45) is 5.92 Å². The summed E-state index contributed by atoms with van der Waals surface area (Å²) >= 11 is 1.40. The molecule has 0 aromatic carbocycles. The second-order valence-corrected chi connectivity index (χ2v) is 4.97. The van der Waals surface area contributed by atoms with Crippen molar-refractivity contribution in [1.82, 2.24) is 9.36 Å². The topological polar surface area (TPSA) is 58.0 Å². The van der Waals surface area contributed by atoms with E-state index in [1.165, 1.54) is 18.0 Å². The van der Waals surface area contributed by atoms with Gasteiger partial charge < -0.3 is 10.4 Å².